The van der Waals surface area contributed by atoms with E-state index in [0.29, 0.717) is 0 Å². The fourth-order valence-electron chi connectivity index (χ4n) is 2.44. The fraction of sp³-hybridized carbons (Fsp3) is 1.00. The first-order valence-corrected chi connectivity index (χ1v) is 10.5. The summed E-state index contributed by atoms with van der Waals surface area (Å²) in [6, 6.07) is 0. The van der Waals surface area contributed by atoms with Crippen molar-refractivity contribution in [3.8, 4) is 0 Å². The van der Waals surface area contributed by atoms with Crippen LogP contribution in [-0.2, 0) is 4.57 Å². The predicted molar refractivity (Wildman–Crippen MR) is 85.4 cm³/mol. The summed E-state index contributed by atoms with van der Waals surface area (Å²) >= 11 is 0. The Morgan fingerprint density at radius 3 is 1.33 bits per heavy atom. The van der Waals surface area contributed by atoms with Gasteiger partial charge >= 0.3 is 0 Å². The number of hydrogen-bond donors (Lipinski definition) is 0. The van der Waals surface area contributed by atoms with Gasteiger partial charge in [-0.15, -0.1) is 0 Å². The maximum absolute atomic E-state index is 12.6. The van der Waals surface area contributed by atoms with Gasteiger partial charge in [0.2, 0.25) is 0 Å². The molecule has 0 fully saturated rings. The summed E-state index contributed by atoms with van der Waals surface area (Å²) in [6.07, 6.45) is 15.8. The van der Waals surface area contributed by atoms with E-state index in [1.54, 1.807) is 0 Å². The van der Waals surface area contributed by atoms with Crippen molar-refractivity contribution in [2.24, 2.45) is 0 Å². The summed E-state index contributed by atoms with van der Waals surface area (Å²) in [6.45, 7) is 6.61. The van der Waals surface area contributed by atoms with Crippen molar-refractivity contribution in [1.29, 1.82) is 0 Å². The molecule has 0 saturated heterocycles. The predicted octanol–water partition coefficient (Wildman–Crippen LogP) is 6.31. The molecule has 1 nitrogen and oxygen atoms in total. The van der Waals surface area contributed by atoms with Crippen molar-refractivity contribution < 1.29 is 4.57 Å². The summed E-state index contributed by atoms with van der Waals surface area (Å²) in [5.41, 5.74) is 0. The van der Waals surface area contributed by atoms with Crippen LogP contribution in [0.25, 0.3) is 0 Å². The number of hydrogen-bond acceptors (Lipinski definition) is 1. The van der Waals surface area contributed by atoms with Crippen LogP contribution < -0.4 is 0 Å². The van der Waals surface area contributed by atoms with E-state index in [0.717, 1.165) is 18.5 Å². The van der Waals surface area contributed by atoms with E-state index in [4.69, 9.17) is 0 Å². The standard InChI is InChI=1S/C16H35OP/c1-4-7-9-11-13-15-18(17,6-3)16-14-12-10-8-5-2/h4-16H2,1-3H3. The maximum atomic E-state index is 12.6. The molecule has 0 radical (unpaired) electrons. The van der Waals surface area contributed by atoms with Gasteiger partial charge in [-0.3, -0.25) is 0 Å². The zero-order valence-corrected chi connectivity index (χ0v) is 13.9. The van der Waals surface area contributed by atoms with Gasteiger partial charge in [0.15, 0.2) is 0 Å². The van der Waals surface area contributed by atoms with Gasteiger partial charge in [0.25, 0.3) is 0 Å². The van der Waals surface area contributed by atoms with Crippen molar-refractivity contribution in [3.05, 3.63) is 0 Å². The van der Waals surface area contributed by atoms with Gasteiger partial charge in [-0.2, -0.15) is 0 Å². The normalized spacial score (nSPS) is 11.9. The van der Waals surface area contributed by atoms with E-state index >= 15 is 0 Å². The second-order valence-electron chi connectivity index (χ2n) is 5.65. The molecule has 0 aliphatic heterocycles. The van der Waals surface area contributed by atoms with Crippen LogP contribution in [-0.4, -0.2) is 18.5 Å². The minimum Gasteiger partial charge on any atom is -0.324 e. The van der Waals surface area contributed by atoms with Crippen molar-refractivity contribution in [1.82, 2.24) is 0 Å². The topological polar surface area (TPSA) is 17.1 Å². The Labute approximate surface area is 116 Å². The lowest BCUT2D eigenvalue weighted by molar-refractivity contribution is 0.564. The molecular formula is C16H35OP. The van der Waals surface area contributed by atoms with Crippen LogP contribution in [0.3, 0.4) is 0 Å². The minimum absolute atomic E-state index is 0.925. The second-order valence-corrected chi connectivity index (χ2v) is 9.29. The summed E-state index contributed by atoms with van der Waals surface area (Å²) < 4.78 is 12.6. The number of unbranched alkanes of at least 4 members (excludes halogenated alkanes) is 8. The van der Waals surface area contributed by atoms with Crippen molar-refractivity contribution in [2.75, 3.05) is 18.5 Å². The Morgan fingerprint density at radius 2 is 1.00 bits per heavy atom. The summed E-state index contributed by atoms with van der Waals surface area (Å²) in [4.78, 5) is 0. The molecule has 0 aromatic carbocycles. The molecule has 0 aliphatic carbocycles. The maximum Gasteiger partial charge on any atom is 0.0875 e. The lowest BCUT2D eigenvalue weighted by Gasteiger charge is -2.16. The molecule has 0 N–H and O–H groups in total. The van der Waals surface area contributed by atoms with Crippen molar-refractivity contribution in [2.45, 2.75) is 85.0 Å². The van der Waals surface area contributed by atoms with Crippen LogP contribution in [0.15, 0.2) is 0 Å². The molecule has 2 heteroatoms. The van der Waals surface area contributed by atoms with Gasteiger partial charge in [-0.1, -0.05) is 72.1 Å². The monoisotopic (exact) mass is 274 g/mol. The SMILES string of the molecule is CCCCCCCP(=O)(CC)CCCCCCC. The van der Waals surface area contributed by atoms with E-state index in [2.05, 4.69) is 20.8 Å². The molecule has 0 aromatic heterocycles. The van der Waals surface area contributed by atoms with Gasteiger partial charge in [0, 0.05) is 12.3 Å². The molecule has 18 heavy (non-hydrogen) atoms. The first-order valence-electron chi connectivity index (χ1n) is 8.25. The Kier molecular flexibility index (Phi) is 12.4. The molecule has 0 heterocycles. The molecule has 0 bridgehead atoms. The molecule has 0 saturated carbocycles. The lowest BCUT2D eigenvalue weighted by Crippen LogP contribution is -1.99. The molecular weight excluding hydrogens is 239 g/mol. The average Bonchev–Trinajstić information content (AvgIpc) is 2.38. The molecule has 0 unspecified atom stereocenters. The third-order valence-electron chi connectivity index (χ3n) is 3.91. The Balaban J connectivity index is 3.64. The van der Waals surface area contributed by atoms with Crippen LogP contribution in [0, 0.1) is 0 Å². The van der Waals surface area contributed by atoms with Gasteiger partial charge in [0.1, 0.15) is 0 Å². The molecule has 0 rings (SSSR count). The fourth-order valence-corrected chi connectivity index (χ4v) is 4.89. The second kappa shape index (κ2) is 12.3. The first-order chi connectivity index (χ1) is 8.68. The van der Waals surface area contributed by atoms with E-state index in [-0.39, 0.29) is 0 Å². The lowest BCUT2D eigenvalue weighted by atomic mass is 10.2. The van der Waals surface area contributed by atoms with Crippen molar-refractivity contribution in [3.63, 3.8) is 0 Å². The highest BCUT2D eigenvalue weighted by Gasteiger charge is 2.18. The molecule has 0 atom stereocenters. The van der Waals surface area contributed by atoms with E-state index in [9.17, 15) is 4.57 Å². The highest BCUT2D eigenvalue weighted by Crippen LogP contribution is 2.47. The summed E-state index contributed by atoms with van der Waals surface area (Å²) in [5, 5.41) is 0. The van der Waals surface area contributed by atoms with Crippen LogP contribution in [0.1, 0.15) is 85.0 Å². The van der Waals surface area contributed by atoms with E-state index in [1.165, 1.54) is 64.2 Å². The van der Waals surface area contributed by atoms with E-state index < -0.39 is 7.14 Å². The highest BCUT2D eigenvalue weighted by atomic mass is 31.2. The minimum atomic E-state index is -1.80. The van der Waals surface area contributed by atoms with Gasteiger partial charge in [-0.05, 0) is 19.0 Å². The average molecular weight is 274 g/mol. The summed E-state index contributed by atoms with van der Waals surface area (Å²) in [5.74, 6) is 0. The van der Waals surface area contributed by atoms with E-state index in [1.807, 2.05) is 0 Å². The quantitative estimate of drug-likeness (QED) is 0.284. The largest absolute Gasteiger partial charge is 0.324 e. The third kappa shape index (κ3) is 10.2. The van der Waals surface area contributed by atoms with Crippen LogP contribution >= 0.6 is 7.14 Å². The Hall–Kier alpha value is 0.230. The van der Waals surface area contributed by atoms with Gasteiger partial charge in [0.05, 0.1) is 7.14 Å². The highest BCUT2D eigenvalue weighted by molar-refractivity contribution is 7.63. The summed E-state index contributed by atoms with van der Waals surface area (Å²) in [7, 11) is -1.80. The molecule has 0 aliphatic rings. The first kappa shape index (κ1) is 18.2. The Morgan fingerprint density at radius 1 is 0.611 bits per heavy atom. The Bertz CT molecular complexity index is 195. The van der Waals surface area contributed by atoms with Gasteiger partial charge in [-0.25, -0.2) is 0 Å². The molecule has 0 amide bonds. The number of rotatable bonds is 13. The zero-order chi connectivity index (χ0) is 13.7. The molecule has 0 spiro atoms. The van der Waals surface area contributed by atoms with Crippen molar-refractivity contribution >= 4 is 7.14 Å². The smallest absolute Gasteiger partial charge is 0.0875 e. The molecule has 0 aromatic rings. The van der Waals surface area contributed by atoms with Gasteiger partial charge < -0.3 is 4.57 Å². The van der Waals surface area contributed by atoms with Crippen LogP contribution in [0.2, 0.25) is 0 Å². The zero-order valence-electron chi connectivity index (χ0n) is 13.0. The molecule has 110 valence electrons. The van der Waals surface area contributed by atoms with Crippen LogP contribution in [0.5, 0.6) is 0 Å². The van der Waals surface area contributed by atoms with Crippen LogP contribution in [0.4, 0.5) is 0 Å². The third-order valence-corrected chi connectivity index (χ3v) is 7.33.